The Balaban J connectivity index is 1.07. The van der Waals surface area contributed by atoms with E-state index in [1.165, 1.54) is 82.2 Å². The predicted molar refractivity (Wildman–Crippen MR) is 215 cm³/mol. The quantitative estimate of drug-likeness (QED) is 0.179. The van der Waals surface area contributed by atoms with Crippen molar-refractivity contribution in [3.05, 3.63) is 164 Å². The minimum Gasteiger partial charge on any atom is -0.337 e. The molecular formula is C48H37N3. The van der Waals surface area contributed by atoms with E-state index in [1.807, 2.05) is 0 Å². The van der Waals surface area contributed by atoms with Crippen LogP contribution in [0.4, 0.5) is 0 Å². The van der Waals surface area contributed by atoms with Crippen LogP contribution in [0.5, 0.6) is 0 Å². The molecule has 0 bridgehead atoms. The summed E-state index contributed by atoms with van der Waals surface area (Å²) in [5, 5.41) is 8.11. The van der Waals surface area contributed by atoms with Gasteiger partial charge in [0.1, 0.15) is 0 Å². The van der Waals surface area contributed by atoms with Crippen LogP contribution in [0.15, 0.2) is 164 Å². The molecule has 0 unspecified atom stereocenters. The molecule has 0 radical (unpaired) electrons. The van der Waals surface area contributed by atoms with Gasteiger partial charge in [-0.2, -0.15) is 0 Å². The van der Waals surface area contributed by atoms with E-state index < -0.39 is 0 Å². The molecule has 1 aliphatic rings. The normalized spacial score (nSPS) is 16.7. The highest BCUT2D eigenvalue weighted by Gasteiger charge is 2.29. The number of aromatic nitrogens is 3. The molecule has 0 saturated heterocycles. The lowest BCUT2D eigenvalue weighted by Crippen LogP contribution is -2.20. The van der Waals surface area contributed by atoms with E-state index in [0.29, 0.717) is 12.1 Å². The van der Waals surface area contributed by atoms with Crippen LogP contribution >= 0.6 is 0 Å². The Morgan fingerprint density at radius 2 is 0.804 bits per heavy atom. The van der Waals surface area contributed by atoms with Gasteiger partial charge < -0.3 is 13.7 Å². The van der Waals surface area contributed by atoms with Crippen LogP contribution < -0.4 is 0 Å². The molecule has 244 valence electrons. The topological polar surface area (TPSA) is 14.8 Å². The van der Waals surface area contributed by atoms with Crippen LogP contribution in [0.3, 0.4) is 0 Å². The van der Waals surface area contributed by atoms with Gasteiger partial charge in [0.15, 0.2) is 0 Å². The maximum absolute atomic E-state index is 2.74. The van der Waals surface area contributed by atoms with Crippen molar-refractivity contribution in [1.29, 1.82) is 0 Å². The second-order valence-corrected chi connectivity index (χ2v) is 14.4. The standard InChI is InChI=1S/C48H37N3/c1-2-12-32(13-3-1)33-22-24-34(25-23-33)50-45-21-11-7-17-41(45)47-46(50)31-30-40-39-16-6-10-20-44(39)51(48(40)47)36-28-26-35(27-29-36)49-42-18-8-4-14-37(42)38-15-5-9-19-43(38)49/h1-25,30-31,35-36H,26-29H2. The molecule has 1 fully saturated rings. The Hall–Kier alpha value is -6.06. The van der Waals surface area contributed by atoms with Crippen LogP contribution in [0.2, 0.25) is 0 Å². The molecule has 1 saturated carbocycles. The molecule has 3 nitrogen and oxygen atoms in total. The molecule has 0 N–H and O–H groups in total. The molecule has 0 spiro atoms. The van der Waals surface area contributed by atoms with Gasteiger partial charge >= 0.3 is 0 Å². The second kappa shape index (κ2) is 11.2. The van der Waals surface area contributed by atoms with Crippen LogP contribution in [0, 0.1) is 0 Å². The van der Waals surface area contributed by atoms with Crippen molar-refractivity contribution in [3.8, 4) is 16.8 Å². The number of fused-ring (bicyclic) bond motifs is 10. The molecule has 51 heavy (non-hydrogen) atoms. The fourth-order valence-electron chi connectivity index (χ4n) is 9.55. The lowest BCUT2D eigenvalue weighted by molar-refractivity contribution is 0.291. The van der Waals surface area contributed by atoms with Crippen LogP contribution in [-0.2, 0) is 0 Å². The Morgan fingerprint density at radius 3 is 1.43 bits per heavy atom. The summed E-state index contributed by atoms with van der Waals surface area (Å²) in [6, 6.07) is 61.4. The summed E-state index contributed by atoms with van der Waals surface area (Å²) in [4.78, 5) is 0. The average molecular weight is 656 g/mol. The first-order valence-corrected chi connectivity index (χ1v) is 18.4. The number of rotatable bonds is 4. The fraction of sp³-hybridized carbons (Fsp3) is 0.125. The SMILES string of the molecule is c1ccc(-c2ccc(-n3c4ccccc4c4c3ccc3c5ccccc5n(C5CCC(n6c7ccccc7c7ccccc76)CC5)c34)cc2)cc1. The summed E-state index contributed by atoms with van der Waals surface area (Å²) in [5.74, 6) is 0. The third-order valence-electron chi connectivity index (χ3n) is 11.8. The van der Waals surface area contributed by atoms with E-state index in [0.717, 1.165) is 25.7 Å². The molecule has 0 atom stereocenters. The van der Waals surface area contributed by atoms with Gasteiger partial charge in [-0.05, 0) is 79.3 Å². The average Bonchev–Trinajstić information content (AvgIpc) is 3.84. The van der Waals surface area contributed by atoms with Crippen LogP contribution in [-0.4, -0.2) is 13.7 Å². The zero-order chi connectivity index (χ0) is 33.5. The summed E-state index contributed by atoms with van der Waals surface area (Å²) >= 11 is 0. The molecule has 10 aromatic rings. The van der Waals surface area contributed by atoms with E-state index in [-0.39, 0.29) is 0 Å². The van der Waals surface area contributed by atoms with Crippen molar-refractivity contribution in [1.82, 2.24) is 13.7 Å². The molecular weight excluding hydrogens is 619 g/mol. The van der Waals surface area contributed by atoms with Gasteiger partial charge in [0, 0.05) is 66.6 Å². The van der Waals surface area contributed by atoms with Crippen molar-refractivity contribution in [2.45, 2.75) is 37.8 Å². The largest absolute Gasteiger partial charge is 0.337 e. The predicted octanol–water partition coefficient (Wildman–Crippen LogP) is 13.0. The van der Waals surface area contributed by atoms with E-state index >= 15 is 0 Å². The second-order valence-electron chi connectivity index (χ2n) is 14.4. The molecule has 7 aromatic carbocycles. The summed E-state index contributed by atoms with van der Waals surface area (Å²) < 4.78 is 7.87. The van der Waals surface area contributed by atoms with E-state index in [2.05, 4.69) is 177 Å². The van der Waals surface area contributed by atoms with Gasteiger partial charge in [-0.3, -0.25) is 0 Å². The first-order valence-electron chi connectivity index (χ1n) is 18.4. The molecule has 3 heteroatoms. The molecule has 1 aliphatic carbocycles. The van der Waals surface area contributed by atoms with Gasteiger partial charge in [0.25, 0.3) is 0 Å². The van der Waals surface area contributed by atoms with Crippen molar-refractivity contribution < 1.29 is 0 Å². The van der Waals surface area contributed by atoms with Crippen LogP contribution in [0.1, 0.15) is 37.8 Å². The molecule has 11 rings (SSSR count). The number of para-hydroxylation sites is 4. The Morgan fingerprint density at radius 1 is 0.333 bits per heavy atom. The number of benzene rings is 7. The molecule has 0 amide bonds. The van der Waals surface area contributed by atoms with Crippen molar-refractivity contribution in [2.24, 2.45) is 0 Å². The summed E-state index contributed by atoms with van der Waals surface area (Å²) in [7, 11) is 0. The van der Waals surface area contributed by atoms with Crippen LogP contribution in [0.25, 0.3) is 82.2 Å². The lowest BCUT2D eigenvalue weighted by atomic mass is 9.90. The Labute approximate surface area is 296 Å². The highest BCUT2D eigenvalue weighted by Crippen LogP contribution is 2.46. The van der Waals surface area contributed by atoms with Crippen molar-refractivity contribution in [3.63, 3.8) is 0 Å². The number of nitrogens with zero attached hydrogens (tertiary/aromatic N) is 3. The first kappa shape index (κ1) is 28.7. The third-order valence-corrected chi connectivity index (χ3v) is 11.8. The Bertz CT molecular complexity index is 2860. The maximum atomic E-state index is 2.74. The van der Waals surface area contributed by atoms with Gasteiger partial charge in [-0.25, -0.2) is 0 Å². The molecule has 3 aromatic heterocycles. The van der Waals surface area contributed by atoms with Gasteiger partial charge in [0.05, 0.1) is 16.6 Å². The monoisotopic (exact) mass is 655 g/mol. The number of hydrogen-bond donors (Lipinski definition) is 0. The van der Waals surface area contributed by atoms with Gasteiger partial charge in [0.2, 0.25) is 0 Å². The van der Waals surface area contributed by atoms with Crippen molar-refractivity contribution >= 4 is 65.4 Å². The summed E-state index contributed by atoms with van der Waals surface area (Å²) in [6.07, 6.45) is 4.62. The summed E-state index contributed by atoms with van der Waals surface area (Å²) in [5.41, 5.74) is 11.6. The van der Waals surface area contributed by atoms with Gasteiger partial charge in [-0.15, -0.1) is 0 Å². The highest BCUT2D eigenvalue weighted by molar-refractivity contribution is 6.25. The first-order chi connectivity index (χ1) is 25.3. The summed E-state index contributed by atoms with van der Waals surface area (Å²) in [6.45, 7) is 0. The smallest absolute Gasteiger partial charge is 0.0595 e. The van der Waals surface area contributed by atoms with E-state index in [1.54, 1.807) is 0 Å². The Kier molecular flexibility index (Phi) is 6.33. The fourth-order valence-corrected chi connectivity index (χ4v) is 9.55. The minimum absolute atomic E-state index is 0.426. The van der Waals surface area contributed by atoms with Crippen molar-refractivity contribution in [2.75, 3.05) is 0 Å². The maximum Gasteiger partial charge on any atom is 0.0595 e. The number of hydrogen-bond acceptors (Lipinski definition) is 0. The zero-order valence-corrected chi connectivity index (χ0v) is 28.4. The van der Waals surface area contributed by atoms with Gasteiger partial charge in [-0.1, -0.05) is 121 Å². The highest BCUT2D eigenvalue weighted by atomic mass is 15.1. The third kappa shape index (κ3) is 4.24. The van der Waals surface area contributed by atoms with E-state index in [4.69, 9.17) is 0 Å². The molecule has 3 heterocycles. The minimum atomic E-state index is 0.426. The molecule has 0 aliphatic heterocycles. The van der Waals surface area contributed by atoms with E-state index in [9.17, 15) is 0 Å². The zero-order valence-electron chi connectivity index (χ0n) is 28.4. The lowest BCUT2D eigenvalue weighted by Gasteiger charge is -2.32.